The van der Waals surface area contributed by atoms with Crippen LogP contribution in [0.1, 0.15) is 18.9 Å². The van der Waals surface area contributed by atoms with Gasteiger partial charge < -0.3 is 4.74 Å². The normalized spacial score (nSPS) is 18.2. The van der Waals surface area contributed by atoms with Gasteiger partial charge in [0.2, 0.25) is 11.8 Å². The van der Waals surface area contributed by atoms with E-state index >= 15 is 0 Å². The molecule has 5 nitrogen and oxygen atoms in total. The molecule has 0 spiro atoms. The Morgan fingerprint density at radius 1 is 1.33 bits per heavy atom. The number of carbonyl (C=O) groups is 3. The van der Waals surface area contributed by atoms with Crippen molar-refractivity contribution in [2.45, 2.75) is 25.5 Å². The predicted octanol–water partition coefficient (Wildman–Crippen LogP) is 1.92. The number of thioether (sulfide) groups is 1. The lowest BCUT2D eigenvalue weighted by Crippen LogP contribution is -2.31. The van der Waals surface area contributed by atoms with Gasteiger partial charge in [0.25, 0.3) is 0 Å². The maximum absolute atomic E-state index is 12.3. The second-order valence-corrected chi connectivity index (χ2v) is 5.90. The first-order valence-corrected chi connectivity index (χ1v) is 7.78. The molecule has 2 rings (SSSR count). The fraction of sp³-hybridized carbons (Fsp3) is 0.400. The Labute approximate surface area is 127 Å². The van der Waals surface area contributed by atoms with E-state index in [1.165, 1.54) is 4.90 Å². The van der Waals surface area contributed by atoms with Crippen LogP contribution in [0.15, 0.2) is 24.3 Å². The highest BCUT2D eigenvalue weighted by atomic mass is 32.2. The van der Waals surface area contributed by atoms with Gasteiger partial charge in [-0.05, 0) is 26.0 Å². The van der Waals surface area contributed by atoms with E-state index in [1.807, 2.05) is 19.1 Å². The summed E-state index contributed by atoms with van der Waals surface area (Å²) < 4.78 is 4.82. The number of ether oxygens (including phenoxy) is 1. The average Bonchev–Trinajstić information content (AvgIpc) is 2.73. The number of carbonyl (C=O) groups excluding carboxylic acids is 3. The molecule has 0 bridgehead atoms. The fourth-order valence-electron chi connectivity index (χ4n) is 2.07. The van der Waals surface area contributed by atoms with Gasteiger partial charge in [0.05, 0.1) is 23.3 Å². The van der Waals surface area contributed by atoms with Crippen molar-refractivity contribution >= 4 is 35.2 Å². The minimum Gasteiger partial charge on any atom is -0.465 e. The second-order valence-electron chi connectivity index (χ2n) is 4.71. The second kappa shape index (κ2) is 6.76. The van der Waals surface area contributed by atoms with E-state index in [1.54, 1.807) is 19.1 Å². The molecule has 0 saturated carbocycles. The number of aryl methyl sites for hydroxylation is 1. The highest BCUT2D eigenvalue weighted by molar-refractivity contribution is 8.01. The number of amides is 2. The van der Waals surface area contributed by atoms with Crippen molar-refractivity contribution < 1.29 is 19.1 Å². The van der Waals surface area contributed by atoms with Crippen molar-refractivity contribution in [2.24, 2.45) is 0 Å². The zero-order chi connectivity index (χ0) is 15.4. The van der Waals surface area contributed by atoms with E-state index in [-0.39, 0.29) is 30.0 Å². The molecule has 21 heavy (non-hydrogen) atoms. The SMILES string of the molecule is CCOC(=O)CSC1CC(=O)N(c2ccc(C)cc2)C1=O. The van der Waals surface area contributed by atoms with Crippen molar-refractivity contribution in [3.05, 3.63) is 29.8 Å². The average molecular weight is 307 g/mol. The van der Waals surface area contributed by atoms with Crippen LogP contribution in [0.25, 0.3) is 0 Å². The van der Waals surface area contributed by atoms with Gasteiger partial charge >= 0.3 is 5.97 Å². The van der Waals surface area contributed by atoms with E-state index in [0.29, 0.717) is 12.3 Å². The van der Waals surface area contributed by atoms with Gasteiger partial charge in [0.1, 0.15) is 0 Å². The molecule has 6 heteroatoms. The maximum Gasteiger partial charge on any atom is 0.315 e. The van der Waals surface area contributed by atoms with Crippen molar-refractivity contribution in [3.8, 4) is 0 Å². The first kappa shape index (κ1) is 15.6. The number of esters is 1. The molecule has 0 N–H and O–H groups in total. The molecule has 0 aromatic heterocycles. The fourth-order valence-corrected chi connectivity index (χ4v) is 3.00. The molecule has 1 aromatic carbocycles. The zero-order valence-corrected chi connectivity index (χ0v) is 12.8. The zero-order valence-electron chi connectivity index (χ0n) is 12.0. The van der Waals surface area contributed by atoms with E-state index in [4.69, 9.17) is 4.74 Å². The quantitative estimate of drug-likeness (QED) is 0.614. The van der Waals surface area contributed by atoms with E-state index in [0.717, 1.165) is 17.3 Å². The molecule has 2 amide bonds. The van der Waals surface area contributed by atoms with Crippen molar-refractivity contribution in [1.82, 2.24) is 0 Å². The monoisotopic (exact) mass is 307 g/mol. The summed E-state index contributed by atoms with van der Waals surface area (Å²) in [6.45, 7) is 3.98. The van der Waals surface area contributed by atoms with Crippen LogP contribution in [0.3, 0.4) is 0 Å². The molecule has 0 aliphatic carbocycles. The van der Waals surface area contributed by atoms with Crippen LogP contribution in [-0.4, -0.2) is 35.4 Å². The van der Waals surface area contributed by atoms with Crippen LogP contribution >= 0.6 is 11.8 Å². The standard InChI is InChI=1S/C15H17NO4S/c1-3-20-14(18)9-21-12-8-13(17)16(15(12)19)11-6-4-10(2)5-7-11/h4-7,12H,3,8-9H2,1-2H3. The van der Waals surface area contributed by atoms with Crippen molar-refractivity contribution in [1.29, 1.82) is 0 Å². The van der Waals surface area contributed by atoms with Crippen LogP contribution in [0, 0.1) is 6.92 Å². The molecule has 1 saturated heterocycles. The third-order valence-electron chi connectivity index (χ3n) is 3.11. The Morgan fingerprint density at radius 2 is 2.00 bits per heavy atom. The van der Waals surface area contributed by atoms with Crippen molar-refractivity contribution in [3.63, 3.8) is 0 Å². The topological polar surface area (TPSA) is 63.7 Å². The van der Waals surface area contributed by atoms with Gasteiger partial charge in [-0.1, -0.05) is 17.7 Å². The summed E-state index contributed by atoms with van der Waals surface area (Å²) in [4.78, 5) is 36.9. The molecule has 1 unspecified atom stereocenters. The van der Waals surface area contributed by atoms with Crippen molar-refractivity contribution in [2.75, 3.05) is 17.3 Å². The first-order valence-electron chi connectivity index (χ1n) is 6.73. The van der Waals surface area contributed by atoms with Gasteiger partial charge in [-0.3, -0.25) is 14.4 Å². The molecule has 1 aliphatic rings. The van der Waals surface area contributed by atoms with Crippen LogP contribution in [0.5, 0.6) is 0 Å². The summed E-state index contributed by atoms with van der Waals surface area (Å²) in [6.07, 6.45) is 0.122. The van der Waals surface area contributed by atoms with Gasteiger partial charge in [0.15, 0.2) is 0 Å². The number of benzene rings is 1. The Kier molecular flexibility index (Phi) is 5.01. The molecule has 1 atom stereocenters. The number of imide groups is 1. The molecular formula is C15H17NO4S. The first-order chi connectivity index (χ1) is 10.0. The lowest BCUT2D eigenvalue weighted by atomic mass is 10.2. The van der Waals surface area contributed by atoms with Gasteiger partial charge in [-0.25, -0.2) is 4.90 Å². The largest absolute Gasteiger partial charge is 0.465 e. The van der Waals surface area contributed by atoms with E-state index in [9.17, 15) is 14.4 Å². The Bertz CT molecular complexity index is 555. The molecule has 1 aromatic rings. The lowest BCUT2D eigenvalue weighted by Gasteiger charge is -2.15. The molecular weight excluding hydrogens is 290 g/mol. The lowest BCUT2D eigenvalue weighted by molar-refractivity contribution is -0.139. The predicted molar refractivity (Wildman–Crippen MR) is 81.2 cm³/mol. The highest BCUT2D eigenvalue weighted by Gasteiger charge is 2.40. The molecule has 1 fully saturated rings. The minimum absolute atomic E-state index is 0.0826. The van der Waals surface area contributed by atoms with Gasteiger partial charge in [0, 0.05) is 6.42 Å². The Balaban J connectivity index is 2.03. The Hall–Kier alpha value is -1.82. The molecule has 0 radical (unpaired) electrons. The highest BCUT2D eigenvalue weighted by Crippen LogP contribution is 2.29. The van der Waals surface area contributed by atoms with Crippen LogP contribution in [0.2, 0.25) is 0 Å². The summed E-state index contributed by atoms with van der Waals surface area (Å²) in [5.74, 6) is -0.779. The smallest absolute Gasteiger partial charge is 0.315 e. The number of hydrogen-bond donors (Lipinski definition) is 0. The van der Waals surface area contributed by atoms with Gasteiger partial charge in [-0.2, -0.15) is 0 Å². The number of hydrogen-bond acceptors (Lipinski definition) is 5. The number of anilines is 1. The van der Waals surface area contributed by atoms with E-state index in [2.05, 4.69) is 0 Å². The summed E-state index contributed by atoms with van der Waals surface area (Å²) in [5, 5.41) is -0.511. The van der Waals surface area contributed by atoms with Crippen LogP contribution in [0.4, 0.5) is 5.69 Å². The molecule has 1 heterocycles. The molecule has 112 valence electrons. The summed E-state index contributed by atoms with van der Waals surface area (Å²) in [7, 11) is 0. The summed E-state index contributed by atoms with van der Waals surface area (Å²) in [5.41, 5.74) is 1.64. The number of rotatable bonds is 5. The van der Waals surface area contributed by atoms with Gasteiger partial charge in [-0.15, -0.1) is 11.8 Å². The summed E-state index contributed by atoms with van der Waals surface area (Å²) in [6, 6.07) is 7.22. The molecule has 1 aliphatic heterocycles. The van der Waals surface area contributed by atoms with E-state index < -0.39 is 5.25 Å². The summed E-state index contributed by atoms with van der Waals surface area (Å²) >= 11 is 1.16. The number of nitrogens with zero attached hydrogens (tertiary/aromatic N) is 1. The third kappa shape index (κ3) is 3.64. The minimum atomic E-state index is -0.511. The van der Waals surface area contributed by atoms with Crippen LogP contribution in [-0.2, 0) is 19.1 Å². The third-order valence-corrected chi connectivity index (χ3v) is 4.28. The van der Waals surface area contributed by atoms with Crippen LogP contribution < -0.4 is 4.90 Å². The maximum atomic E-state index is 12.3. The Morgan fingerprint density at radius 3 is 2.62 bits per heavy atom.